The van der Waals surface area contributed by atoms with Crippen LogP contribution in [0.3, 0.4) is 0 Å². The maximum absolute atomic E-state index is 6.03. The van der Waals surface area contributed by atoms with Crippen molar-refractivity contribution in [2.24, 2.45) is 11.7 Å². The van der Waals surface area contributed by atoms with Gasteiger partial charge < -0.3 is 10.5 Å². The van der Waals surface area contributed by atoms with Crippen LogP contribution < -0.4 is 10.5 Å². The first-order valence-corrected chi connectivity index (χ1v) is 6.63. The molecule has 0 aliphatic heterocycles. The highest BCUT2D eigenvalue weighted by Crippen LogP contribution is 2.18. The number of rotatable bonds is 7. The van der Waals surface area contributed by atoms with Gasteiger partial charge in [0, 0.05) is 11.1 Å². The predicted molar refractivity (Wildman–Crippen MR) is 73.6 cm³/mol. The van der Waals surface area contributed by atoms with Crippen molar-refractivity contribution in [1.29, 1.82) is 0 Å². The summed E-state index contributed by atoms with van der Waals surface area (Å²) in [6.07, 6.45) is 3.45. The van der Waals surface area contributed by atoms with Crippen LogP contribution in [0.2, 0.25) is 5.02 Å². The molecule has 0 bridgehead atoms. The van der Waals surface area contributed by atoms with Gasteiger partial charge in [-0.3, -0.25) is 0 Å². The third kappa shape index (κ3) is 5.94. The molecular weight excluding hydrogens is 234 g/mol. The SMILES string of the molecule is CCCC(C)CC(N)COc1cccc(Cl)c1. The van der Waals surface area contributed by atoms with E-state index in [1.165, 1.54) is 12.8 Å². The molecule has 2 N–H and O–H groups in total. The molecule has 2 unspecified atom stereocenters. The van der Waals surface area contributed by atoms with Crippen molar-refractivity contribution in [3.63, 3.8) is 0 Å². The lowest BCUT2D eigenvalue weighted by Gasteiger charge is -2.17. The highest BCUT2D eigenvalue weighted by Gasteiger charge is 2.09. The van der Waals surface area contributed by atoms with E-state index in [0.717, 1.165) is 12.2 Å². The van der Waals surface area contributed by atoms with Crippen LogP contribution in [0.15, 0.2) is 24.3 Å². The Kier molecular flexibility index (Phi) is 6.38. The molecule has 2 nitrogen and oxygen atoms in total. The highest BCUT2D eigenvalue weighted by atomic mass is 35.5. The Morgan fingerprint density at radius 2 is 2.18 bits per heavy atom. The molecule has 0 aromatic heterocycles. The maximum Gasteiger partial charge on any atom is 0.120 e. The van der Waals surface area contributed by atoms with E-state index in [1.54, 1.807) is 0 Å². The van der Waals surface area contributed by atoms with Gasteiger partial charge in [0.2, 0.25) is 0 Å². The Bertz CT molecular complexity index is 330. The smallest absolute Gasteiger partial charge is 0.120 e. The van der Waals surface area contributed by atoms with Gasteiger partial charge in [-0.05, 0) is 30.5 Å². The van der Waals surface area contributed by atoms with Gasteiger partial charge >= 0.3 is 0 Å². The van der Waals surface area contributed by atoms with Gasteiger partial charge in [0.05, 0.1) is 0 Å². The standard InChI is InChI=1S/C14H22ClNO/c1-3-5-11(2)8-13(16)10-17-14-7-4-6-12(15)9-14/h4,6-7,9,11,13H,3,5,8,10,16H2,1-2H3. The van der Waals surface area contributed by atoms with E-state index in [9.17, 15) is 0 Å². The predicted octanol–water partition coefficient (Wildman–Crippen LogP) is 3.87. The number of nitrogens with two attached hydrogens (primary N) is 1. The molecule has 1 aromatic carbocycles. The Morgan fingerprint density at radius 3 is 2.82 bits per heavy atom. The zero-order valence-electron chi connectivity index (χ0n) is 10.7. The molecule has 0 aliphatic rings. The number of ether oxygens (including phenoxy) is 1. The van der Waals surface area contributed by atoms with Crippen LogP contribution in [0.1, 0.15) is 33.1 Å². The average molecular weight is 256 g/mol. The van der Waals surface area contributed by atoms with Gasteiger partial charge in [-0.1, -0.05) is 44.4 Å². The van der Waals surface area contributed by atoms with Crippen LogP contribution in [0.5, 0.6) is 5.75 Å². The van der Waals surface area contributed by atoms with Crippen LogP contribution in [0.25, 0.3) is 0 Å². The summed E-state index contributed by atoms with van der Waals surface area (Å²) in [7, 11) is 0. The summed E-state index contributed by atoms with van der Waals surface area (Å²) in [6, 6.07) is 7.51. The summed E-state index contributed by atoms with van der Waals surface area (Å²) in [5, 5.41) is 0.690. The van der Waals surface area contributed by atoms with Crippen LogP contribution in [-0.4, -0.2) is 12.6 Å². The minimum atomic E-state index is 0.0931. The summed E-state index contributed by atoms with van der Waals surface area (Å²) in [5.74, 6) is 1.45. The first-order chi connectivity index (χ1) is 8.11. The van der Waals surface area contributed by atoms with Crippen LogP contribution in [0.4, 0.5) is 0 Å². The summed E-state index contributed by atoms with van der Waals surface area (Å²) in [4.78, 5) is 0. The molecule has 0 spiro atoms. The second-order valence-corrected chi connectivity index (χ2v) is 5.09. The van der Waals surface area contributed by atoms with E-state index in [1.807, 2.05) is 24.3 Å². The molecule has 1 rings (SSSR count). The quantitative estimate of drug-likeness (QED) is 0.803. The Morgan fingerprint density at radius 1 is 1.41 bits per heavy atom. The van der Waals surface area contributed by atoms with Gasteiger partial charge in [-0.2, -0.15) is 0 Å². The number of benzene rings is 1. The summed E-state index contributed by atoms with van der Waals surface area (Å²) >= 11 is 5.87. The molecule has 17 heavy (non-hydrogen) atoms. The summed E-state index contributed by atoms with van der Waals surface area (Å²) in [5.41, 5.74) is 6.03. The third-order valence-corrected chi connectivity index (χ3v) is 2.98. The van der Waals surface area contributed by atoms with E-state index in [2.05, 4.69) is 13.8 Å². The van der Waals surface area contributed by atoms with Crippen molar-refractivity contribution in [2.45, 2.75) is 39.2 Å². The lowest BCUT2D eigenvalue weighted by Crippen LogP contribution is -2.29. The molecule has 0 amide bonds. The monoisotopic (exact) mass is 255 g/mol. The number of hydrogen-bond acceptors (Lipinski definition) is 2. The van der Waals surface area contributed by atoms with Gasteiger partial charge in [-0.15, -0.1) is 0 Å². The minimum absolute atomic E-state index is 0.0931. The maximum atomic E-state index is 6.03. The van der Waals surface area contributed by atoms with Crippen molar-refractivity contribution in [2.75, 3.05) is 6.61 Å². The molecule has 0 saturated heterocycles. The topological polar surface area (TPSA) is 35.2 Å². The van der Waals surface area contributed by atoms with Crippen LogP contribution >= 0.6 is 11.6 Å². The zero-order valence-corrected chi connectivity index (χ0v) is 11.4. The lowest BCUT2D eigenvalue weighted by atomic mass is 9.98. The van der Waals surface area contributed by atoms with Gasteiger partial charge in [0.1, 0.15) is 12.4 Å². The zero-order chi connectivity index (χ0) is 12.7. The van der Waals surface area contributed by atoms with Crippen molar-refractivity contribution in [3.05, 3.63) is 29.3 Å². The molecule has 1 aromatic rings. The first kappa shape index (κ1) is 14.3. The molecule has 0 saturated carbocycles. The van der Waals surface area contributed by atoms with E-state index in [4.69, 9.17) is 22.1 Å². The Labute approximate surface area is 109 Å². The molecule has 3 heteroatoms. The molecular formula is C14H22ClNO. The molecule has 0 heterocycles. The van der Waals surface area contributed by atoms with Crippen molar-refractivity contribution in [1.82, 2.24) is 0 Å². The van der Waals surface area contributed by atoms with Crippen LogP contribution in [0, 0.1) is 5.92 Å². The van der Waals surface area contributed by atoms with Gasteiger partial charge in [0.25, 0.3) is 0 Å². The van der Waals surface area contributed by atoms with Gasteiger partial charge in [-0.25, -0.2) is 0 Å². The largest absolute Gasteiger partial charge is 0.492 e. The van der Waals surface area contributed by atoms with E-state index < -0.39 is 0 Å². The third-order valence-electron chi connectivity index (χ3n) is 2.75. The number of halogens is 1. The number of hydrogen-bond donors (Lipinski definition) is 1. The van der Waals surface area contributed by atoms with Crippen molar-refractivity contribution >= 4 is 11.6 Å². The fourth-order valence-corrected chi connectivity index (χ4v) is 2.14. The second kappa shape index (κ2) is 7.57. The van der Waals surface area contributed by atoms with Crippen LogP contribution in [-0.2, 0) is 0 Å². The van der Waals surface area contributed by atoms with Crippen molar-refractivity contribution in [3.8, 4) is 5.75 Å². The summed E-state index contributed by atoms with van der Waals surface area (Å²) in [6.45, 7) is 4.99. The fourth-order valence-electron chi connectivity index (χ4n) is 1.96. The fraction of sp³-hybridized carbons (Fsp3) is 0.571. The van der Waals surface area contributed by atoms with E-state index >= 15 is 0 Å². The van der Waals surface area contributed by atoms with Gasteiger partial charge in [0.15, 0.2) is 0 Å². The Hall–Kier alpha value is -0.730. The molecule has 0 fully saturated rings. The average Bonchev–Trinajstić information content (AvgIpc) is 2.27. The summed E-state index contributed by atoms with van der Waals surface area (Å²) < 4.78 is 5.62. The Balaban J connectivity index is 2.30. The normalized spacial score (nSPS) is 14.4. The lowest BCUT2D eigenvalue weighted by molar-refractivity contribution is 0.265. The van der Waals surface area contributed by atoms with E-state index in [-0.39, 0.29) is 6.04 Å². The molecule has 0 radical (unpaired) electrons. The highest BCUT2D eigenvalue weighted by molar-refractivity contribution is 6.30. The minimum Gasteiger partial charge on any atom is -0.492 e. The molecule has 96 valence electrons. The van der Waals surface area contributed by atoms with E-state index in [0.29, 0.717) is 17.5 Å². The molecule has 2 atom stereocenters. The first-order valence-electron chi connectivity index (χ1n) is 6.25. The molecule has 0 aliphatic carbocycles. The second-order valence-electron chi connectivity index (χ2n) is 4.66. The van der Waals surface area contributed by atoms with Crippen molar-refractivity contribution < 1.29 is 4.74 Å².